The van der Waals surface area contributed by atoms with Crippen molar-refractivity contribution in [3.63, 3.8) is 0 Å². The number of thioether (sulfide) groups is 1. The van der Waals surface area contributed by atoms with Crippen LogP contribution < -0.4 is 5.32 Å². The standard InChI is InChI=1S/C17H21N3OS/c1-5-6-14-15(21)19-16(22-14)20-18-11-12-7-9-13(10-8-12)17(2,3)4/h5,7-11,14H,1,6H2,2-4H3,(H,19,20,21)/b18-11+/t14-/m0/s1. The molecule has 1 N–H and O–H groups in total. The number of rotatable bonds is 4. The van der Waals surface area contributed by atoms with Crippen LogP contribution in [0, 0.1) is 0 Å². The molecule has 1 amide bonds. The first-order valence-corrected chi connectivity index (χ1v) is 8.08. The zero-order chi connectivity index (χ0) is 16.2. The Morgan fingerprint density at radius 2 is 2.00 bits per heavy atom. The summed E-state index contributed by atoms with van der Waals surface area (Å²) in [5.41, 5.74) is 2.40. The zero-order valence-electron chi connectivity index (χ0n) is 13.2. The third-order valence-electron chi connectivity index (χ3n) is 3.29. The SMILES string of the molecule is C=CC[C@@H]1S/C(=N/N=C/c2ccc(C(C)(C)C)cc2)NC1=O. The number of amidine groups is 1. The maximum Gasteiger partial charge on any atom is 0.239 e. The molecule has 5 heteroatoms. The van der Waals surface area contributed by atoms with Gasteiger partial charge in [-0.2, -0.15) is 5.10 Å². The van der Waals surface area contributed by atoms with Gasteiger partial charge in [-0.15, -0.1) is 11.7 Å². The Morgan fingerprint density at radius 3 is 2.59 bits per heavy atom. The Bertz CT molecular complexity index is 612. The minimum absolute atomic E-state index is 0.0339. The molecule has 2 rings (SSSR count). The van der Waals surface area contributed by atoms with Gasteiger partial charge in [-0.05, 0) is 23.0 Å². The van der Waals surface area contributed by atoms with Crippen molar-refractivity contribution < 1.29 is 4.79 Å². The average molecular weight is 315 g/mol. The van der Waals surface area contributed by atoms with E-state index >= 15 is 0 Å². The lowest BCUT2D eigenvalue weighted by Gasteiger charge is -2.18. The number of hydrogen-bond acceptors (Lipinski definition) is 4. The van der Waals surface area contributed by atoms with Gasteiger partial charge in [-0.1, -0.05) is 62.9 Å². The summed E-state index contributed by atoms with van der Waals surface area (Å²) in [6, 6.07) is 8.23. The highest BCUT2D eigenvalue weighted by Crippen LogP contribution is 2.23. The average Bonchev–Trinajstić information content (AvgIpc) is 2.79. The number of nitrogens with zero attached hydrogens (tertiary/aromatic N) is 2. The second kappa shape index (κ2) is 6.92. The quantitative estimate of drug-likeness (QED) is 0.525. The smallest absolute Gasteiger partial charge is 0.239 e. The van der Waals surface area contributed by atoms with Crippen LogP contribution in [0.4, 0.5) is 0 Å². The highest BCUT2D eigenvalue weighted by atomic mass is 32.2. The summed E-state index contributed by atoms with van der Waals surface area (Å²) >= 11 is 1.39. The van der Waals surface area contributed by atoms with E-state index in [4.69, 9.17) is 0 Å². The molecule has 1 aromatic rings. The summed E-state index contributed by atoms with van der Waals surface area (Å²) in [5, 5.41) is 11.2. The third-order valence-corrected chi connectivity index (χ3v) is 4.39. The van der Waals surface area contributed by atoms with Gasteiger partial charge in [0, 0.05) is 0 Å². The van der Waals surface area contributed by atoms with E-state index in [0.29, 0.717) is 11.6 Å². The van der Waals surface area contributed by atoms with Crippen molar-refractivity contribution >= 4 is 29.1 Å². The van der Waals surface area contributed by atoms with Gasteiger partial charge in [0.2, 0.25) is 5.91 Å². The fourth-order valence-corrected chi connectivity index (χ4v) is 2.90. The summed E-state index contributed by atoms with van der Waals surface area (Å²) in [6.45, 7) is 10.2. The maximum absolute atomic E-state index is 11.6. The summed E-state index contributed by atoms with van der Waals surface area (Å²) in [6.07, 6.45) is 4.06. The van der Waals surface area contributed by atoms with Gasteiger partial charge in [-0.3, -0.25) is 4.79 Å². The molecular formula is C17H21N3OS. The van der Waals surface area contributed by atoms with E-state index in [9.17, 15) is 4.79 Å². The second-order valence-corrected chi connectivity index (χ2v) is 7.33. The lowest BCUT2D eigenvalue weighted by Crippen LogP contribution is -2.24. The molecule has 1 heterocycles. The summed E-state index contributed by atoms with van der Waals surface area (Å²) < 4.78 is 0. The van der Waals surface area contributed by atoms with Gasteiger partial charge in [0.05, 0.1) is 11.5 Å². The zero-order valence-corrected chi connectivity index (χ0v) is 14.0. The van der Waals surface area contributed by atoms with Gasteiger partial charge in [0.1, 0.15) is 0 Å². The summed E-state index contributed by atoms with van der Waals surface area (Å²) in [5.74, 6) is -0.0339. The van der Waals surface area contributed by atoms with Crippen molar-refractivity contribution in [2.45, 2.75) is 37.9 Å². The first-order valence-electron chi connectivity index (χ1n) is 7.20. The molecule has 1 aliphatic rings. The van der Waals surface area contributed by atoms with Crippen LogP contribution in [0.5, 0.6) is 0 Å². The fourth-order valence-electron chi connectivity index (χ4n) is 1.98. The molecule has 1 aliphatic heterocycles. The second-order valence-electron chi connectivity index (χ2n) is 6.14. The molecule has 1 fully saturated rings. The number of carbonyl (C=O) groups excluding carboxylic acids is 1. The minimum Gasteiger partial charge on any atom is -0.303 e. The molecule has 0 aliphatic carbocycles. The van der Waals surface area contributed by atoms with Crippen LogP contribution in [0.2, 0.25) is 0 Å². The van der Waals surface area contributed by atoms with Crippen molar-refractivity contribution in [1.82, 2.24) is 5.32 Å². The molecule has 0 unspecified atom stereocenters. The van der Waals surface area contributed by atoms with E-state index in [1.807, 2.05) is 12.1 Å². The molecular weight excluding hydrogens is 294 g/mol. The maximum atomic E-state index is 11.6. The van der Waals surface area contributed by atoms with Crippen LogP contribution in [0.3, 0.4) is 0 Å². The molecule has 0 bridgehead atoms. The number of hydrogen-bond donors (Lipinski definition) is 1. The van der Waals surface area contributed by atoms with Crippen LogP contribution in [0.15, 0.2) is 47.1 Å². The monoisotopic (exact) mass is 315 g/mol. The van der Waals surface area contributed by atoms with Crippen molar-refractivity contribution in [3.8, 4) is 0 Å². The number of benzene rings is 1. The van der Waals surface area contributed by atoms with Crippen molar-refractivity contribution in [3.05, 3.63) is 48.0 Å². The van der Waals surface area contributed by atoms with Crippen LogP contribution in [0.1, 0.15) is 38.3 Å². The van der Waals surface area contributed by atoms with Crippen LogP contribution >= 0.6 is 11.8 Å². The molecule has 22 heavy (non-hydrogen) atoms. The number of nitrogens with one attached hydrogen (secondary N) is 1. The van der Waals surface area contributed by atoms with E-state index in [0.717, 1.165) is 5.56 Å². The Morgan fingerprint density at radius 1 is 1.32 bits per heavy atom. The largest absolute Gasteiger partial charge is 0.303 e. The normalized spacial score (nSPS) is 20.6. The Balaban J connectivity index is 1.99. The molecule has 0 spiro atoms. The first-order chi connectivity index (χ1) is 10.4. The van der Waals surface area contributed by atoms with E-state index in [2.05, 4.69) is 55.0 Å². The number of amides is 1. The Kier molecular flexibility index (Phi) is 5.19. The molecule has 1 atom stereocenters. The number of allylic oxidation sites excluding steroid dienone is 1. The predicted octanol–water partition coefficient (Wildman–Crippen LogP) is 3.48. The van der Waals surface area contributed by atoms with Gasteiger partial charge < -0.3 is 5.32 Å². The highest BCUT2D eigenvalue weighted by Gasteiger charge is 2.28. The number of carbonyl (C=O) groups is 1. The lowest BCUT2D eigenvalue weighted by molar-refractivity contribution is -0.118. The highest BCUT2D eigenvalue weighted by molar-refractivity contribution is 8.15. The molecule has 1 aromatic carbocycles. The van der Waals surface area contributed by atoms with E-state index in [-0.39, 0.29) is 16.6 Å². The van der Waals surface area contributed by atoms with Crippen LogP contribution in [0.25, 0.3) is 0 Å². The van der Waals surface area contributed by atoms with Crippen LogP contribution in [-0.2, 0) is 10.2 Å². The van der Waals surface area contributed by atoms with Crippen molar-refractivity contribution in [2.24, 2.45) is 10.2 Å². The predicted molar refractivity (Wildman–Crippen MR) is 94.5 cm³/mol. The molecule has 0 aromatic heterocycles. The van der Waals surface area contributed by atoms with Gasteiger partial charge in [0.25, 0.3) is 0 Å². The lowest BCUT2D eigenvalue weighted by atomic mass is 9.87. The van der Waals surface area contributed by atoms with E-state index in [1.165, 1.54) is 17.3 Å². The Hall–Kier alpha value is -1.88. The van der Waals surface area contributed by atoms with E-state index in [1.54, 1.807) is 12.3 Å². The van der Waals surface area contributed by atoms with Crippen LogP contribution in [-0.4, -0.2) is 22.5 Å². The van der Waals surface area contributed by atoms with Gasteiger partial charge in [0.15, 0.2) is 5.17 Å². The van der Waals surface area contributed by atoms with Gasteiger partial charge in [-0.25, -0.2) is 0 Å². The first kappa shape index (κ1) is 16.5. The summed E-state index contributed by atoms with van der Waals surface area (Å²) in [7, 11) is 0. The van der Waals surface area contributed by atoms with E-state index < -0.39 is 0 Å². The molecule has 0 radical (unpaired) electrons. The topological polar surface area (TPSA) is 53.8 Å². The van der Waals surface area contributed by atoms with Crippen molar-refractivity contribution in [1.29, 1.82) is 0 Å². The van der Waals surface area contributed by atoms with Crippen molar-refractivity contribution in [2.75, 3.05) is 0 Å². The Labute approximate surface area is 135 Å². The minimum atomic E-state index is -0.141. The fraction of sp³-hybridized carbons (Fsp3) is 0.353. The molecule has 4 nitrogen and oxygen atoms in total. The third kappa shape index (κ3) is 4.31. The molecule has 0 saturated carbocycles. The molecule has 116 valence electrons. The van der Waals surface area contributed by atoms with Gasteiger partial charge >= 0.3 is 0 Å². The molecule has 1 saturated heterocycles. The summed E-state index contributed by atoms with van der Waals surface area (Å²) in [4.78, 5) is 11.6.